The lowest BCUT2D eigenvalue weighted by molar-refractivity contribution is -0.120. The number of carbonyl (C=O) groups excluding carboxylic acids is 1. The number of amides is 1. The molecule has 0 bridgehead atoms. The summed E-state index contributed by atoms with van der Waals surface area (Å²) in [6, 6.07) is 17.4. The minimum Gasteiger partial charge on any atom is -0.352 e. The Bertz CT molecular complexity index is 901. The van der Waals surface area contributed by atoms with Crippen molar-refractivity contribution in [2.45, 2.75) is 52.0 Å². The van der Waals surface area contributed by atoms with Crippen molar-refractivity contribution in [3.63, 3.8) is 0 Å². The van der Waals surface area contributed by atoms with Gasteiger partial charge in [0.25, 0.3) is 0 Å². The molecule has 1 atom stereocenters. The first kappa shape index (κ1) is 22.9. The van der Waals surface area contributed by atoms with Crippen LogP contribution in [0.5, 0.6) is 0 Å². The van der Waals surface area contributed by atoms with Crippen LogP contribution in [0.2, 0.25) is 0 Å². The van der Waals surface area contributed by atoms with E-state index in [1.165, 1.54) is 5.56 Å². The zero-order chi connectivity index (χ0) is 21.7. The van der Waals surface area contributed by atoms with Crippen LogP contribution >= 0.6 is 0 Å². The first-order valence-corrected chi connectivity index (χ1v) is 11.7. The van der Waals surface area contributed by atoms with Gasteiger partial charge in [0.2, 0.25) is 15.9 Å². The van der Waals surface area contributed by atoms with Gasteiger partial charge < -0.3 is 5.32 Å². The zero-order valence-corrected chi connectivity index (χ0v) is 18.8. The molecular weight excluding hydrogens is 384 g/mol. The van der Waals surface area contributed by atoms with Gasteiger partial charge >= 0.3 is 0 Å². The van der Waals surface area contributed by atoms with E-state index in [4.69, 9.17) is 0 Å². The molecule has 0 aliphatic carbocycles. The van der Waals surface area contributed by atoms with Gasteiger partial charge in [-0.3, -0.25) is 9.10 Å². The van der Waals surface area contributed by atoms with E-state index >= 15 is 0 Å². The van der Waals surface area contributed by atoms with Crippen molar-refractivity contribution in [3.8, 4) is 0 Å². The third-order valence-electron chi connectivity index (χ3n) is 4.83. The molecule has 0 unspecified atom stereocenters. The Labute approximate surface area is 175 Å². The normalized spacial score (nSPS) is 13.0. The summed E-state index contributed by atoms with van der Waals surface area (Å²) in [6.45, 7) is 8.00. The average molecular weight is 417 g/mol. The smallest absolute Gasteiger partial charge is 0.240 e. The van der Waals surface area contributed by atoms with E-state index in [9.17, 15) is 13.2 Å². The lowest BCUT2D eigenvalue weighted by atomic mass is 9.87. The number of nitrogens with zero attached hydrogens (tertiary/aromatic N) is 1. The molecule has 0 spiro atoms. The van der Waals surface area contributed by atoms with E-state index in [0.29, 0.717) is 5.69 Å². The first-order valence-electron chi connectivity index (χ1n) is 9.88. The molecule has 0 fully saturated rings. The minimum absolute atomic E-state index is 0.0278. The summed E-state index contributed by atoms with van der Waals surface area (Å²) >= 11 is 0. The number of hydrogen-bond donors (Lipinski definition) is 1. The van der Waals surface area contributed by atoms with Crippen molar-refractivity contribution < 1.29 is 13.2 Å². The Morgan fingerprint density at radius 2 is 1.62 bits per heavy atom. The maximum absolute atomic E-state index is 12.5. The van der Waals surface area contributed by atoms with Gasteiger partial charge in [-0.25, -0.2) is 8.42 Å². The quantitative estimate of drug-likeness (QED) is 0.710. The van der Waals surface area contributed by atoms with E-state index in [1.54, 1.807) is 12.1 Å². The molecule has 0 aliphatic rings. The van der Waals surface area contributed by atoms with Crippen molar-refractivity contribution in [1.82, 2.24) is 5.32 Å². The Balaban J connectivity index is 2.01. The van der Waals surface area contributed by atoms with Gasteiger partial charge in [-0.1, -0.05) is 63.2 Å². The second-order valence-corrected chi connectivity index (χ2v) is 10.5. The molecule has 0 heterocycles. The van der Waals surface area contributed by atoms with Crippen LogP contribution in [-0.2, 0) is 26.7 Å². The molecule has 0 aromatic heterocycles. The van der Waals surface area contributed by atoms with E-state index in [-0.39, 0.29) is 23.9 Å². The van der Waals surface area contributed by atoms with Crippen molar-refractivity contribution >= 4 is 21.6 Å². The van der Waals surface area contributed by atoms with Crippen LogP contribution in [0.4, 0.5) is 5.69 Å². The van der Waals surface area contributed by atoms with Crippen LogP contribution < -0.4 is 9.62 Å². The van der Waals surface area contributed by atoms with Crippen molar-refractivity contribution in [3.05, 3.63) is 65.7 Å². The van der Waals surface area contributed by atoms with Crippen LogP contribution in [0.15, 0.2) is 54.6 Å². The first-order chi connectivity index (χ1) is 13.5. The lowest BCUT2D eigenvalue weighted by Crippen LogP contribution is -2.43. The highest BCUT2D eigenvalue weighted by molar-refractivity contribution is 7.92. The lowest BCUT2D eigenvalue weighted by Gasteiger charge is -2.25. The summed E-state index contributed by atoms with van der Waals surface area (Å²) in [4.78, 5) is 12.5. The number of aryl methyl sites for hydroxylation is 1. The molecule has 2 aromatic carbocycles. The number of nitrogens with one attached hydrogen (secondary N) is 1. The molecule has 2 rings (SSSR count). The van der Waals surface area contributed by atoms with Gasteiger partial charge in [0.15, 0.2) is 0 Å². The predicted molar refractivity (Wildman–Crippen MR) is 120 cm³/mol. The maximum Gasteiger partial charge on any atom is 0.240 e. The summed E-state index contributed by atoms with van der Waals surface area (Å²) < 4.78 is 25.7. The Morgan fingerprint density at radius 3 is 2.14 bits per heavy atom. The third kappa shape index (κ3) is 7.20. The number of carbonyl (C=O) groups is 1. The summed E-state index contributed by atoms with van der Waals surface area (Å²) in [7, 11) is -3.58. The van der Waals surface area contributed by atoms with E-state index < -0.39 is 10.0 Å². The third-order valence-corrected chi connectivity index (χ3v) is 5.97. The molecule has 29 heavy (non-hydrogen) atoms. The Kier molecular flexibility index (Phi) is 7.47. The summed E-state index contributed by atoms with van der Waals surface area (Å²) in [5, 5.41) is 2.91. The van der Waals surface area contributed by atoms with Gasteiger partial charge in [-0.15, -0.1) is 0 Å². The number of rotatable bonds is 8. The van der Waals surface area contributed by atoms with Crippen LogP contribution in [0.3, 0.4) is 0 Å². The molecule has 5 nitrogen and oxygen atoms in total. The van der Waals surface area contributed by atoms with E-state index in [0.717, 1.165) is 29.0 Å². The number of hydrogen-bond acceptors (Lipinski definition) is 3. The number of benzene rings is 2. The molecular formula is C23H32N2O3S. The fourth-order valence-electron chi connectivity index (χ4n) is 3.08. The van der Waals surface area contributed by atoms with Gasteiger partial charge in [0.1, 0.15) is 6.54 Å². The van der Waals surface area contributed by atoms with Crippen molar-refractivity contribution in [2.75, 3.05) is 17.1 Å². The SMILES string of the molecule is C[C@H](CCc1ccccc1)NC(=O)CN(c1ccc(C(C)(C)C)cc1)S(C)(=O)=O. The van der Waals surface area contributed by atoms with Crippen molar-refractivity contribution in [1.29, 1.82) is 0 Å². The zero-order valence-electron chi connectivity index (χ0n) is 18.0. The molecule has 0 radical (unpaired) electrons. The average Bonchev–Trinajstić information content (AvgIpc) is 2.64. The predicted octanol–water partition coefficient (Wildman–Crippen LogP) is 3.89. The Hall–Kier alpha value is -2.34. The second kappa shape index (κ2) is 9.44. The highest BCUT2D eigenvalue weighted by atomic mass is 32.2. The molecule has 158 valence electrons. The monoisotopic (exact) mass is 416 g/mol. The van der Waals surface area contributed by atoms with Gasteiger partial charge in [0, 0.05) is 6.04 Å². The number of anilines is 1. The highest BCUT2D eigenvalue weighted by Crippen LogP contribution is 2.25. The van der Waals surface area contributed by atoms with Gasteiger partial charge in [0.05, 0.1) is 11.9 Å². The van der Waals surface area contributed by atoms with E-state index in [2.05, 4.69) is 38.2 Å². The summed E-state index contributed by atoms with van der Waals surface area (Å²) in [6.07, 6.45) is 2.76. The molecule has 1 amide bonds. The fourth-order valence-corrected chi connectivity index (χ4v) is 3.94. The van der Waals surface area contributed by atoms with Crippen LogP contribution in [0, 0.1) is 0 Å². The second-order valence-electron chi connectivity index (χ2n) is 8.56. The van der Waals surface area contributed by atoms with Crippen LogP contribution in [-0.4, -0.2) is 33.2 Å². The molecule has 6 heteroatoms. The maximum atomic E-state index is 12.5. The summed E-state index contributed by atoms with van der Waals surface area (Å²) in [5.74, 6) is -0.309. The molecule has 2 aromatic rings. The molecule has 0 saturated carbocycles. The van der Waals surface area contributed by atoms with Gasteiger partial charge in [-0.2, -0.15) is 0 Å². The highest BCUT2D eigenvalue weighted by Gasteiger charge is 2.22. The van der Waals surface area contributed by atoms with Gasteiger partial charge in [-0.05, 0) is 48.4 Å². The topological polar surface area (TPSA) is 66.5 Å². The molecule has 0 aliphatic heterocycles. The standard InChI is InChI=1S/C23H32N2O3S/c1-18(11-12-19-9-7-6-8-10-19)24-22(26)17-25(29(5,27)28)21-15-13-20(14-16-21)23(2,3)4/h6-10,13-16,18H,11-12,17H2,1-5H3,(H,24,26)/t18-/m1/s1. The van der Waals surface area contributed by atoms with Crippen LogP contribution in [0.25, 0.3) is 0 Å². The summed E-state index contributed by atoms with van der Waals surface area (Å²) in [5.41, 5.74) is 2.78. The molecule has 1 N–H and O–H groups in total. The fraction of sp³-hybridized carbons (Fsp3) is 0.435. The largest absolute Gasteiger partial charge is 0.352 e. The Morgan fingerprint density at radius 1 is 1.03 bits per heavy atom. The van der Waals surface area contributed by atoms with E-state index in [1.807, 2.05) is 37.3 Å². The number of sulfonamides is 1. The molecule has 0 saturated heterocycles. The van der Waals surface area contributed by atoms with Crippen molar-refractivity contribution in [2.24, 2.45) is 0 Å². The minimum atomic E-state index is -3.58. The van der Waals surface area contributed by atoms with Crippen LogP contribution in [0.1, 0.15) is 45.2 Å².